The Morgan fingerprint density at radius 1 is 1.11 bits per heavy atom. The molecule has 0 aliphatic heterocycles. The van der Waals surface area contributed by atoms with Gasteiger partial charge in [0.1, 0.15) is 12.2 Å². The molecule has 0 saturated heterocycles. The van der Waals surface area contributed by atoms with Crippen molar-refractivity contribution in [3.05, 3.63) is 23.8 Å². The first-order valence-electron chi connectivity index (χ1n) is 6.07. The van der Waals surface area contributed by atoms with Crippen molar-refractivity contribution in [1.29, 1.82) is 0 Å². The summed E-state index contributed by atoms with van der Waals surface area (Å²) in [7, 11) is 0. The topological polar surface area (TPSA) is 83.1 Å². The third-order valence-electron chi connectivity index (χ3n) is 2.86. The Morgan fingerprint density at radius 2 is 1.83 bits per heavy atom. The summed E-state index contributed by atoms with van der Waals surface area (Å²) < 4.78 is 0. The molecule has 6 nitrogen and oxygen atoms in total. The van der Waals surface area contributed by atoms with Gasteiger partial charge in [-0.1, -0.05) is 34.6 Å². The van der Waals surface area contributed by atoms with Gasteiger partial charge < -0.3 is 0 Å². The summed E-state index contributed by atoms with van der Waals surface area (Å²) >= 11 is 0. The second-order valence-electron chi connectivity index (χ2n) is 6.23. The minimum absolute atomic E-state index is 0.0139. The minimum atomic E-state index is -0.183. The van der Waals surface area contributed by atoms with E-state index in [0.29, 0.717) is 6.42 Å². The van der Waals surface area contributed by atoms with Crippen LogP contribution in [-0.4, -0.2) is 30.4 Å². The van der Waals surface area contributed by atoms with Crippen molar-refractivity contribution >= 4 is 0 Å². The maximum Gasteiger partial charge on any atom is 0.156 e. The average molecular weight is 248 g/mol. The number of aromatic amines is 2. The highest BCUT2D eigenvalue weighted by atomic mass is 15.2. The highest BCUT2D eigenvalue weighted by Crippen LogP contribution is 2.24. The van der Waals surface area contributed by atoms with Gasteiger partial charge in [-0.25, -0.2) is 9.97 Å². The van der Waals surface area contributed by atoms with Crippen molar-refractivity contribution in [2.75, 3.05) is 0 Å². The molecular weight excluding hydrogens is 228 g/mol. The van der Waals surface area contributed by atoms with Crippen molar-refractivity contribution in [1.82, 2.24) is 30.4 Å². The van der Waals surface area contributed by atoms with Gasteiger partial charge >= 0.3 is 0 Å². The number of nitrogens with one attached hydrogen (secondary N) is 2. The quantitative estimate of drug-likeness (QED) is 0.866. The van der Waals surface area contributed by atoms with Crippen molar-refractivity contribution in [3.63, 3.8) is 0 Å². The zero-order valence-electron chi connectivity index (χ0n) is 11.6. The van der Waals surface area contributed by atoms with E-state index in [2.05, 4.69) is 65.0 Å². The summed E-state index contributed by atoms with van der Waals surface area (Å²) in [6.45, 7) is 10.5. The molecule has 0 aromatic carbocycles. The Hall–Kier alpha value is -1.72. The SMILES string of the molecule is CC(C)(C)c1nc(CC(C)(C)c2nc[nH]n2)n[nH]1. The summed E-state index contributed by atoms with van der Waals surface area (Å²) in [5.41, 5.74) is -0.197. The molecule has 2 aromatic heterocycles. The van der Waals surface area contributed by atoms with E-state index in [1.54, 1.807) is 6.33 Å². The number of aromatic nitrogens is 6. The van der Waals surface area contributed by atoms with Gasteiger partial charge in [0.05, 0.1) is 0 Å². The molecule has 0 fully saturated rings. The summed E-state index contributed by atoms with van der Waals surface area (Å²) in [5.74, 6) is 2.49. The zero-order chi connectivity index (χ0) is 13.4. The first kappa shape index (κ1) is 12.7. The zero-order valence-corrected chi connectivity index (χ0v) is 11.6. The van der Waals surface area contributed by atoms with Crippen LogP contribution in [0.4, 0.5) is 0 Å². The summed E-state index contributed by atoms with van der Waals surface area (Å²) in [6.07, 6.45) is 2.30. The van der Waals surface area contributed by atoms with Crippen LogP contribution in [0.15, 0.2) is 6.33 Å². The molecule has 6 heteroatoms. The van der Waals surface area contributed by atoms with Gasteiger partial charge in [-0.3, -0.25) is 10.2 Å². The van der Waals surface area contributed by atoms with E-state index in [0.717, 1.165) is 17.5 Å². The van der Waals surface area contributed by atoms with Crippen LogP contribution in [0.25, 0.3) is 0 Å². The second-order valence-corrected chi connectivity index (χ2v) is 6.23. The van der Waals surface area contributed by atoms with Crippen LogP contribution in [-0.2, 0) is 17.3 Å². The van der Waals surface area contributed by atoms with Gasteiger partial charge in [0.2, 0.25) is 0 Å². The molecule has 0 aliphatic carbocycles. The number of rotatable bonds is 3. The molecule has 0 atom stereocenters. The van der Waals surface area contributed by atoms with Crippen LogP contribution in [0.5, 0.6) is 0 Å². The largest absolute Gasteiger partial charge is 0.266 e. The molecular formula is C12H20N6. The molecule has 2 aromatic rings. The molecule has 2 heterocycles. The van der Waals surface area contributed by atoms with E-state index < -0.39 is 0 Å². The van der Waals surface area contributed by atoms with E-state index in [-0.39, 0.29) is 10.8 Å². The molecule has 0 saturated carbocycles. The first-order valence-corrected chi connectivity index (χ1v) is 6.07. The Morgan fingerprint density at radius 3 is 2.33 bits per heavy atom. The third-order valence-corrected chi connectivity index (χ3v) is 2.86. The summed E-state index contributed by atoms with van der Waals surface area (Å²) in [6, 6.07) is 0. The van der Waals surface area contributed by atoms with Crippen molar-refractivity contribution in [3.8, 4) is 0 Å². The molecule has 2 N–H and O–H groups in total. The van der Waals surface area contributed by atoms with Crippen LogP contribution in [0.3, 0.4) is 0 Å². The van der Waals surface area contributed by atoms with Crippen LogP contribution < -0.4 is 0 Å². The Bertz CT molecular complexity index is 503. The predicted octanol–water partition coefficient (Wildman–Crippen LogP) is 1.74. The number of hydrogen-bond acceptors (Lipinski definition) is 4. The van der Waals surface area contributed by atoms with Gasteiger partial charge in [-0.2, -0.15) is 10.2 Å². The van der Waals surface area contributed by atoms with Gasteiger partial charge in [-0.15, -0.1) is 0 Å². The standard InChI is InChI=1S/C12H20N6/c1-11(2,3)9-15-8(16-18-9)6-12(4,5)10-13-7-14-17-10/h7H,6H2,1-5H3,(H,13,14,17)(H,15,16,18). The molecule has 0 bridgehead atoms. The molecule has 0 amide bonds. The fraction of sp³-hybridized carbons (Fsp3) is 0.667. The first-order chi connectivity index (χ1) is 8.29. The Kier molecular flexibility index (Phi) is 2.96. The predicted molar refractivity (Wildman–Crippen MR) is 68.2 cm³/mol. The lowest BCUT2D eigenvalue weighted by Gasteiger charge is -2.18. The van der Waals surface area contributed by atoms with Gasteiger partial charge in [-0.05, 0) is 0 Å². The second kappa shape index (κ2) is 4.19. The van der Waals surface area contributed by atoms with Crippen molar-refractivity contribution < 1.29 is 0 Å². The summed E-state index contributed by atoms with van der Waals surface area (Å²) in [4.78, 5) is 8.75. The lowest BCUT2D eigenvalue weighted by molar-refractivity contribution is 0.475. The Labute approximate surface area is 107 Å². The van der Waals surface area contributed by atoms with E-state index in [9.17, 15) is 0 Å². The molecule has 2 rings (SSSR count). The maximum atomic E-state index is 4.54. The molecule has 98 valence electrons. The number of H-pyrrole nitrogens is 2. The molecule has 0 aliphatic rings. The van der Waals surface area contributed by atoms with Gasteiger partial charge in [0.15, 0.2) is 11.6 Å². The average Bonchev–Trinajstić information content (AvgIpc) is 2.83. The van der Waals surface area contributed by atoms with Crippen LogP contribution in [0.2, 0.25) is 0 Å². The normalized spacial score (nSPS) is 12.9. The highest BCUT2D eigenvalue weighted by molar-refractivity contribution is 5.09. The smallest absolute Gasteiger partial charge is 0.156 e. The Balaban J connectivity index is 2.17. The number of hydrogen-bond donors (Lipinski definition) is 2. The minimum Gasteiger partial charge on any atom is -0.266 e. The van der Waals surface area contributed by atoms with Crippen LogP contribution in [0, 0.1) is 0 Å². The van der Waals surface area contributed by atoms with Crippen LogP contribution >= 0.6 is 0 Å². The highest BCUT2D eigenvalue weighted by Gasteiger charge is 2.28. The fourth-order valence-corrected chi connectivity index (χ4v) is 1.72. The third kappa shape index (κ3) is 2.57. The molecule has 18 heavy (non-hydrogen) atoms. The van der Waals surface area contributed by atoms with E-state index in [4.69, 9.17) is 0 Å². The lowest BCUT2D eigenvalue weighted by Crippen LogP contribution is -2.23. The van der Waals surface area contributed by atoms with E-state index in [1.165, 1.54) is 0 Å². The maximum absolute atomic E-state index is 4.54. The van der Waals surface area contributed by atoms with Crippen molar-refractivity contribution in [2.45, 2.75) is 51.9 Å². The van der Waals surface area contributed by atoms with Gasteiger partial charge in [0, 0.05) is 17.3 Å². The lowest BCUT2D eigenvalue weighted by atomic mass is 9.88. The van der Waals surface area contributed by atoms with Crippen molar-refractivity contribution in [2.24, 2.45) is 0 Å². The van der Waals surface area contributed by atoms with Crippen LogP contribution in [0.1, 0.15) is 52.1 Å². The molecule has 0 spiro atoms. The molecule has 0 unspecified atom stereocenters. The molecule has 0 radical (unpaired) electrons. The van der Waals surface area contributed by atoms with E-state index >= 15 is 0 Å². The van der Waals surface area contributed by atoms with Gasteiger partial charge in [0.25, 0.3) is 0 Å². The number of nitrogens with zero attached hydrogens (tertiary/aromatic N) is 4. The van der Waals surface area contributed by atoms with E-state index in [1.807, 2.05) is 0 Å². The summed E-state index contributed by atoms with van der Waals surface area (Å²) in [5, 5.41) is 14.2. The monoisotopic (exact) mass is 248 g/mol. The fourth-order valence-electron chi connectivity index (χ4n) is 1.72.